The maximum Gasteiger partial charge on any atom is 0.317 e. The average Bonchev–Trinajstić information content (AvgIpc) is 2.14. The van der Waals surface area contributed by atoms with Crippen LogP contribution in [0.5, 0.6) is 0 Å². The van der Waals surface area contributed by atoms with Crippen molar-refractivity contribution >= 4 is 6.03 Å². The molecule has 0 saturated heterocycles. The second-order valence-corrected chi connectivity index (χ2v) is 4.15. The zero-order valence-electron chi connectivity index (χ0n) is 9.67. The smallest absolute Gasteiger partial charge is 0.317 e. The standard InChI is InChI=1S/C11H23N3O/c1-2-3-8-13-11(15)14(9-7-12)10-5-4-6-10/h10H,2-9,12H2,1H3,(H,13,15). The number of nitrogens with zero attached hydrogens (tertiary/aromatic N) is 1. The molecule has 2 amide bonds. The molecule has 88 valence electrons. The van der Waals surface area contributed by atoms with Crippen molar-refractivity contribution < 1.29 is 4.79 Å². The van der Waals surface area contributed by atoms with E-state index in [0.717, 1.165) is 32.2 Å². The lowest BCUT2D eigenvalue weighted by Crippen LogP contribution is -2.50. The Hall–Kier alpha value is -0.770. The third kappa shape index (κ3) is 3.70. The quantitative estimate of drug-likeness (QED) is 0.654. The van der Waals surface area contributed by atoms with Crippen molar-refractivity contribution in [2.24, 2.45) is 5.73 Å². The van der Waals surface area contributed by atoms with Crippen molar-refractivity contribution in [3.05, 3.63) is 0 Å². The summed E-state index contributed by atoms with van der Waals surface area (Å²) in [5.74, 6) is 0. The summed E-state index contributed by atoms with van der Waals surface area (Å²) in [6, 6.07) is 0.508. The van der Waals surface area contributed by atoms with Gasteiger partial charge in [0.05, 0.1) is 0 Å². The van der Waals surface area contributed by atoms with Crippen LogP contribution in [0.4, 0.5) is 4.79 Å². The van der Waals surface area contributed by atoms with Gasteiger partial charge in [-0.05, 0) is 25.7 Å². The van der Waals surface area contributed by atoms with Crippen LogP contribution >= 0.6 is 0 Å². The normalized spacial score (nSPS) is 15.9. The van der Waals surface area contributed by atoms with Gasteiger partial charge in [0.25, 0.3) is 0 Å². The highest BCUT2D eigenvalue weighted by atomic mass is 16.2. The predicted octanol–water partition coefficient (Wildman–Crippen LogP) is 1.31. The third-order valence-corrected chi connectivity index (χ3v) is 2.95. The van der Waals surface area contributed by atoms with E-state index in [0.29, 0.717) is 19.1 Å². The van der Waals surface area contributed by atoms with Gasteiger partial charge in [-0.1, -0.05) is 13.3 Å². The minimum absolute atomic E-state index is 0.0681. The first kappa shape index (κ1) is 12.3. The molecule has 4 nitrogen and oxygen atoms in total. The van der Waals surface area contributed by atoms with Crippen LogP contribution in [0.3, 0.4) is 0 Å². The number of carbonyl (C=O) groups is 1. The zero-order valence-corrected chi connectivity index (χ0v) is 9.67. The van der Waals surface area contributed by atoms with Gasteiger partial charge in [0.2, 0.25) is 0 Å². The highest BCUT2D eigenvalue weighted by Gasteiger charge is 2.27. The molecule has 0 spiro atoms. The second kappa shape index (κ2) is 6.67. The monoisotopic (exact) mass is 213 g/mol. The molecule has 1 fully saturated rings. The third-order valence-electron chi connectivity index (χ3n) is 2.95. The Kier molecular flexibility index (Phi) is 5.47. The van der Waals surface area contributed by atoms with Gasteiger partial charge in [-0.25, -0.2) is 4.79 Å². The van der Waals surface area contributed by atoms with Crippen molar-refractivity contribution in [3.8, 4) is 0 Å². The van der Waals surface area contributed by atoms with E-state index in [1.807, 2.05) is 4.90 Å². The summed E-state index contributed by atoms with van der Waals surface area (Å²) in [7, 11) is 0. The van der Waals surface area contributed by atoms with E-state index in [4.69, 9.17) is 5.73 Å². The van der Waals surface area contributed by atoms with Crippen molar-refractivity contribution in [2.75, 3.05) is 19.6 Å². The van der Waals surface area contributed by atoms with Gasteiger partial charge in [-0.2, -0.15) is 0 Å². The van der Waals surface area contributed by atoms with Crippen molar-refractivity contribution in [2.45, 2.75) is 45.1 Å². The fraction of sp³-hybridized carbons (Fsp3) is 0.909. The number of unbranched alkanes of at least 4 members (excludes halogenated alkanes) is 1. The van der Waals surface area contributed by atoms with Crippen LogP contribution in [-0.4, -0.2) is 36.6 Å². The van der Waals surface area contributed by atoms with E-state index >= 15 is 0 Å². The van der Waals surface area contributed by atoms with Crippen molar-refractivity contribution in [1.29, 1.82) is 0 Å². The summed E-state index contributed by atoms with van der Waals surface area (Å²) >= 11 is 0. The molecule has 3 N–H and O–H groups in total. The predicted molar refractivity (Wildman–Crippen MR) is 61.7 cm³/mol. The van der Waals surface area contributed by atoms with Gasteiger partial charge >= 0.3 is 6.03 Å². The minimum Gasteiger partial charge on any atom is -0.338 e. The number of nitrogens with two attached hydrogens (primary N) is 1. The van der Waals surface area contributed by atoms with Crippen LogP contribution in [0.1, 0.15) is 39.0 Å². The number of rotatable bonds is 6. The van der Waals surface area contributed by atoms with E-state index in [1.54, 1.807) is 0 Å². The SMILES string of the molecule is CCCCNC(=O)N(CCN)C1CCC1. The lowest BCUT2D eigenvalue weighted by atomic mass is 9.91. The van der Waals surface area contributed by atoms with Crippen molar-refractivity contribution in [3.63, 3.8) is 0 Å². The van der Waals surface area contributed by atoms with E-state index < -0.39 is 0 Å². The molecule has 15 heavy (non-hydrogen) atoms. The molecule has 1 rings (SSSR count). The second-order valence-electron chi connectivity index (χ2n) is 4.15. The lowest BCUT2D eigenvalue weighted by Gasteiger charge is -2.37. The Labute approximate surface area is 92.2 Å². The molecular weight excluding hydrogens is 190 g/mol. The molecule has 0 aliphatic heterocycles. The molecule has 1 saturated carbocycles. The van der Waals surface area contributed by atoms with Crippen LogP contribution in [-0.2, 0) is 0 Å². The molecule has 0 atom stereocenters. The van der Waals surface area contributed by atoms with Crippen LogP contribution in [0.2, 0.25) is 0 Å². The minimum atomic E-state index is 0.0681. The number of carbonyl (C=O) groups excluding carboxylic acids is 1. The summed E-state index contributed by atoms with van der Waals surface area (Å²) in [6.45, 7) is 4.14. The first-order valence-electron chi connectivity index (χ1n) is 6.04. The molecule has 1 aliphatic carbocycles. The van der Waals surface area contributed by atoms with Gasteiger partial charge in [0.1, 0.15) is 0 Å². The lowest BCUT2D eigenvalue weighted by molar-refractivity contribution is 0.140. The summed E-state index contributed by atoms with van der Waals surface area (Å²) < 4.78 is 0. The first-order valence-corrected chi connectivity index (χ1v) is 6.04. The number of nitrogens with one attached hydrogen (secondary N) is 1. The van der Waals surface area contributed by atoms with Crippen LogP contribution < -0.4 is 11.1 Å². The Morgan fingerprint density at radius 2 is 2.27 bits per heavy atom. The van der Waals surface area contributed by atoms with Crippen LogP contribution in [0.25, 0.3) is 0 Å². The van der Waals surface area contributed by atoms with Gasteiger partial charge in [-0.15, -0.1) is 0 Å². The van der Waals surface area contributed by atoms with Crippen molar-refractivity contribution in [1.82, 2.24) is 10.2 Å². The summed E-state index contributed by atoms with van der Waals surface area (Å²) in [5.41, 5.74) is 5.52. The highest BCUT2D eigenvalue weighted by Crippen LogP contribution is 2.24. The first-order chi connectivity index (χ1) is 7.29. The summed E-state index contributed by atoms with van der Waals surface area (Å²) in [6.07, 6.45) is 5.68. The number of hydrogen-bond donors (Lipinski definition) is 2. The fourth-order valence-electron chi connectivity index (χ4n) is 1.76. The number of urea groups is 1. The molecule has 0 aromatic heterocycles. The number of amides is 2. The molecule has 0 heterocycles. The summed E-state index contributed by atoms with van der Waals surface area (Å²) in [5, 5.41) is 2.95. The summed E-state index contributed by atoms with van der Waals surface area (Å²) in [4.78, 5) is 13.7. The molecule has 0 bridgehead atoms. The zero-order chi connectivity index (χ0) is 11.1. The average molecular weight is 213 g/mol. The van der Waals surface area contributed by atoms with E-state index in [-0.39, 0.29) is 6.03 Å². The fourth-order valence-corrected chi connectivity index (χ4v) is 1.76. The van der Waals surface area contributed by atoms with E-state index in [9.17, 15) is 4.79 Å². The van der Waals surface area contributed by atoms with E-state index in [2.05, 4.69) is 12.2 Å². The largest absolute Gasteiger partial charge is 0.338 e. The number of hydrogen-bond acceptors (Lipinski definition) is 2. The molecule has 4 heteroatoms. The van der Waals surface area contributed by atoms with Gasteiger partial charge in [0, 0.05) is 25.7 Å². The Morgan fingerprint density at radius 3 is 2.73 bits per heavy atom. The highest BCUT2D eigenvalue weighted by molar-refractivity contribution is 5.74. The van der Waals surface area contributed by atoms with Crippen LogP contribution in [0, 0.1) is 0 Å². The van der Waals surface area contributed by atoms with E-state index in [1.165, 1.54) is 6.42 Å². The molecule has 1 aliphatic rings. The molecular formula is C11H23N3O. The Morgan fingerprint density at radius 1 is 1.53 bits per heavy atom. The molecule has 0 radical (unpaired) electrons. The van der Waals surface area contributed by atoms with Crippen LogP contribution in [0.15, 0.2) is 0 Å². The topological polar surface area (TPSA) is 58.4 Å². The molecule has 0 unspecified atom stereocenters. The maximum atomic E-state index is 11.8. The Bertz CT molecular complexity index is 192. The molecule has 0 aromatic carbocycles. The van der Waals surface area contributed by atoms with Gasteiger partial charge in [0.15, 0.2) is 0 Å². The van der Waals surface area contributed by atoms with Gasteiger partial charge in [-0.3, -0.25) is 0 Å². The Balaban J connectivity index is 2.29. The molecule has 0 aromatic rings. The van der Waals surface area contributed by atoms with Gasteiger partial charge < -0.3 is 16.0 Å². The maximum absolute atomic E-state index is 11.8.